The molecule has 0 amide bonds. The molecule has 4 rings (SSSR count). The molecular weight excluding hydrogens is 628 g/mol. The van der Waals surface area contributed by atoms with Crippen molar-refractivity contribution in [3.05, 3.63) is 57.2 Å². The van der Waals surface area contributed by atoms with Crippen LogP contribution >= 0.6 is 26.9 Å². The molecule has 1 saturated heterocycles. The zero-order chi connectivity index (χ0) is 32.7. The van der Waals surface area contributed by atoms with Gasteiger partial charge in [-0.25, -0.2) is 23.2 Å². The predicted octanol–water partition coefficient (Wildman–Crippen LogP) is 5.46. The normalized spacial score (nSPS) is 18.7. The van der Waals surface area contributed by atoms with Crippen LogP contribution in [0.15, 0.2) is 45.6 Å². The Kier molecular flexibility index (Phi) is 10.4. The second-order valence-corrected chi connectivity index (χ2v) is 17.7. The van der Waals surface area contributed by atoms with Gasteiger partial charge in [-0.3, -0.25) is 9.36 Å². The third-order valence-corrected chi connectivity index (χ3v) is 13.1. The second kappa shape index (κ2) is 13.2. The highest BCUT2D eigenvalue weighted by Gasteiger charge is 2.43. The molecule has 1 aliphatic rings. The van der Waals surface area contributed by atoms with Crippen LogP contribution in [-0.2, 0) is 13.7 Å². The number of benzene rings is 2. The van der Waals surface area contributed by atoms with Gasteiger partial charge in [0.1, 0.15) is 28.2 Å². The van der Waals surface area contributed by atoms with Crippen LogP contribution in [0.5, 0.6) is 11.5 Å². The number of piperidine rings is 1. The molecule has 1 fully saturated rings. The van der Waals surface area contributed by atoms with Crippen LogP contribution in [0.25, 0.3) is 22.3 Å². The number of halogens is 1. The number of phenols is 1. The van der Waals surface area contributed by atoms with Crippen LogP contribution < -0.4 is 9.95 Å². The summed E-state index contributed by atoms with van der Waals surface area (Å²) in [4.78, 5) is 15.7. The third-order valence-electron chi connectivity index (χ3n) is 7.77. The van der Waals surface area contributed by atoms with E-state index in [1.165, 1.54) is 21.5 Å². The zero-order valence-electron chi connectivity index (χ0n) is 26.6. The molecule has 15 heteroatoms. The maximum absolute atomic E-state index is 14.1. The van der Waals surface area contributed by atoms with Crippen molar-refractivity contribution >= 4 is 37.9 Å². The average Bonchev–Trinajstić information content (AvgIpc) is 2.93. The maximum Gasteiger partial charge on any atom is 0.394 e. The average molecular weight is 670 g/mol. The van der Waals surface area contributed by atoms with E-state index in [1.807, 2.05) is 7.05 Å². The molecule has 3 aromatic rings. The van der Waals surface area contributed by atoms with Crippen molar-refractivity contribution in [2.24, 2.45) is 0 Å². The van der Waals surface area contributed by atoms with Crippen LogP contribution in [0.3, 0.4) is 0 Å². The quantitative estimate of drug-likeness (QED) is 0.276. The van der Waals surface area contributed by atoms with Gasteiger partial charge in [0.05, 0.1) is 11.1 Å². The molecule has 0 radical (unpaired) electrons. The standard InChI is InChI=1S/C29H42ClN5O7P2/c1-31(2)43(38,32(3)4)41-25-17-23(37)28-22(36)16-24(19-12-10-11-13-21(19)30)40-29(28)27(25)20-14-15-35(9)18-26(20)42-44(39,33(5)6)34(7)8/h10-13,16-17,20,26,37H,14-15,18H2,1-9H3/t20-,26+/m0/s1. The van der Waals surface area contributed by atoms with E-state index in [2.05, 4.69) is 4.90 Å². The van der Waals surface area contributed by atoms with E-state index in [0.717, 1.165) is 0 Å². The van der Waals surface area contributed by atoms with Crippen molar-refractivity contribution < 1.29 is 27.7 Å². The van der Waals surface area contributed by atoms with Gasteiger partial charge in [0.2, 0.25) is 0 Å². The van der Waals surface area contributed by atoms with Gasteiger partial charge in [-0.05, 0) is 88.5 Å². The van der Waals surface area contributed by atoms with E-state index < -0.39 is 32.8 Å². The predicted molar refractivity (Wildman–Crippen MR) is 175 cm³/mol. The molecule has 2 heterocycles. The summed E-state index contributed by atoms with van der Waals surface area (Å²) in [7, 11) is 8.06. The monoisotopic (exact) mass is 669 g/mol. The topological polar surface area (TPSA) is 119 Å². The van der Waals surface area contributed by atoms with Crippen LogP contribution in [0, 0.1) is 0 Å². The minimum Gasteiger partial charge on any atom is -0.507 e. The summed E-state index contributed by atoms with van der Waals surface area (Å²) in [6.45, 7) is 1.03. The highest BCUT2D eigenvalue weighted by molar-refractivity contribution is 7.54. The molecule has 0 aliphatic carbocycles. The van der Waals surface area contributed by atoms with E-state index in [-0.39, 0.29) is 28.2 Å². The van der Waals surface area contributed by atoms with Gasteiger partial charge >= 0.3 is 15.3 Å². The van der Waals surface area contributed by atoms with Crippen molar-refractivity contribution in [1.29, 1.82) is 0 Å². The van der Waals surface area contributed by atoms with E-state index in [4.69, 9.17) is 25.1 Å². The minimum absolute atomic E-state index is 0.0548. The van der Waals surface area contributed by atoms with E-state index in [0.29, 0.717) is 35.7 Å². The number of fused-ring (bicyclic) bond motifs is 1. The number of nitrogens with zero attached hydrogens (tertiary/aromatic N) is 5. The Hall–Kier alpha value is -2.24. The summed E-state index contributed by atoms with van der Waals surface area (Å²) in [5.74, 6) is -0.681. The highest BCUT2D eigenvalue weighted by Crippen LogP contribution is 2.57. The van der Waals surface area contributed by atoms with Crippen molar-refractivity contribution in [1.82, 2.24) is 23.6 Å². The second-order valence-electron chi connectivity index (χ2n) is 11.7. The van der Waals surface area contributed by atoms with Gasteiger partial charge < -0.3 is 23.5 Å². The number of rotatable bonds is 10. The largest absolute Gasteiger partial charge is 0.507 e. The summed E-state index contributed by atoms with van der Waals surface area (Å²) in [5.41, 5.74) is 0.430. The van der Waals surface area contributed by atoms with E-state index in [1.54, 1.807) is 90.0 Å². The Morgan fingerprint density at radius 2 is 1.55 bits per heavy atom. The Balaban J connectivity index is 2.08. The van der Waals surface area contributed by atoms with Crippen LogP contribution in [0.4, 0.5) is 0 Å². The molecule has 1 N–H and O–H groups in total. The van der Waals surface area contributed by atoms with Crippen LogP contribution in [0.1, 0.15) is 17.9 Å². The lowest BCUT2D eigenvalue weighted by Gasteiger charge is -2.41. The summed E-state index contributed by atoms with van der Waals surface area (Å²) in [5, 5.41) is 11.5. The SMILES string of the molecule is CN1CC[C@H](c2c(OP(=O)(N(C)C)N(C)C)cc(O)c3c(=O)cc(-c4ccccc4Cl)oc23)[C@H](OP(=O)(N(C)C)N(C)C)C1. The van der Waals surface area contributed by atoms with Crippen molar-refractivity contribution in [3.63, 3.8) is 0 Å². The Morgan fingerprint density at radius 1 is 0.955 bits per heavy atom. The lowest BCUT2D eigenvalue weighted by molar-refractivity contribution is 0.0693. The first-order valence-electron chi connectivity index (χ1n) is 14.1. The fourth-order valence-corrected chi connectivity index (χ4v) is 8.75. The Bertz CT molecular complexity index is 1660. The molecule has 44 heavy (non-hydrogen) atoms. The lowest BCUT2D eigenvalue weighted by Crippen LogP contribution is -2.43. The number of aromatic hydroxyl groups is 1. The first kappa shape index (κ1) is 34.6. The summed E-state index contributed by atoms with van der Waals surface area (Å²) < 4.78 is 53.5. The summed E-state index contributed by atoms with van der Waals surface area (Å²) in [6, 6.07) is 9.54. The first-order chi connectivity index (χ1) is 20.5. The molecule has 2 aromatic carbocycles. The fraction of sp³-hybridized carbons (Fsp3) is 0.483. The van der Waals surface area contributed by atoms with Gasteiger partial charge in [-0.15, -0.1) is 0 Å². The fourth-order valence-electron chi connectivity index (χ4n) is 5.41. The minimum atomic E-state index is -3.66. The smallest absolute Gasteiger partial charge is 0.394 e. The van der Waals surface area contributed by atoms with Crippen LogP contribution in [-0.4, -0.2) is 111 Å². The molecule has 0 unspecified atom stereocenters. The molecule has 2 atom stereocenters. The summed E-state index contributed by atoms with van der Waals surface area (Å²) >= 11 is 6.49. The van der Waals surface area contributed by atoms with Crippen molar-refractivity contribution in [3.8, 4) is 22.8 Å². The number of likely N-dealkylation sites (tertiary alicyclic amines) is 1. The Labute approximate surface area is 263 Å². The van der Waals surface area contributed by atoms with Gasteiger partial charge in [0.25, 0.3) is 0 Å². The van der Waals surface area contributed by atoms with Crippen molar-refractivity contribution in [2.75, 3.05) is 76.5 Å². The Morgan fingerprint density at radius 3 is 2.11 bits per heavy atom. The van der Waals surface area contributed by atoms with Crippen molar-refractivity contribution in [2.45, 2.75) is 18.4 Å². The van der Waals surface area contributed by atoms with E-state index in [9.17, 15) is 19.0 Å². The van der Waals surface area contributed by atoms with Crippen LogP contribution in [0.2, 0.25) is 5.02 Å². The first-order valence-corrected chi connectivity index (χ1v) is 17.5. The van der Waals surface area contributed by atoms with Gasteiger partial charge in [0.15, 0.2) is 5.43 Å². The number of hydrogen-bond acceptors (Lipinski definition) is 8. The third kappa shape index (κ3) is 6.51. The molecule has 1 aliphatic heterocycles. The number of likely N-dealkylation sites (N-methyl/N-ethyl adjacent to an activating group) is 1. The van der Waals surface area contributed by atoms with Gasteiger partial charge in [-0.2, -0.15) is 0 Å². The maximum atomic E-state index is 14.1. The van der Waals surface area contributed by atoms with Gasteiger partial charge in [0, 0.05) is 35.7 Å². The molecule has 0 saturated carbocycles. The van der Waals surface area contributed by atoms with E-state index >= 15 is 0 Å². The lowest BCUT2D eigenvalue weighted by atomic mass is 9.85. The molecular formula is C29H42ClN5O7P2. The molecule has 12 nitrogen and oxygen atoms in total. The molecule has 1 aromatic heterocycles. The number of hydrogen-bond donors (Lipinski definition) is 1. The zero-order valence-corrected chi connectivity index (χ0v) is 29.2. The molecule has 0 spiro atoms. The number of phenolic OH excluding ortho intramolecular Hbond substituents is 1. The molecule has 242 valence electrons. The summed E-state index contributed by atoms with van der Waals surface area (Å²) in [6.07, 6.45) is -0.182. The van der Waals surface area contributed by atoms with Gasteiger partial charge in [-0.1, -0.05) is 23.7 Å². The highest BCUT2D eigenvalue weighted by atomic mass is 35.5. The molecule has 0 bridgehead atoms.